The van der Waals surface area contributed by atoms with Gasteiger partial charge in [-0.15, -0.1) is 0 Å². The van der Waals surface area contributed by atoms with Crippen molar-refractivity contribution < 1.29 is 31.5 Å². The van der Waals surface area contributed by atoms with Gasteiger partial charge in [-0.05, 0) is 24.6 Å². The van der Waals surface area contributed by atoms with E-state index in [2.05, 4.69) is 4.74 Å². The molecule has 110 valence electrons. The molecule has 0 spiro atoms. The Balaban J connectivity index is 2.45. The number of hydrogen-bond donors (Lipinski definition) is 0. The lowest BCUT2D eigenvalue weighted by molar-refractivity contribution is 0.0721. The van der Waals surface area contributed by atoms with Crippen LogP contribution in [0.1, 0.15) is 15.9 Å². The molecule has 2 aromatic carbocycles. The lowest BCUT2D eigenvalue weighted by atomic mass is 10.1. The van der Waals surface area contributed by atoms with Crippen LogP contribution < -0.4 is 4.74 Å². The van der Waals surface area contributed by atoms with Crippen molar-refractivity contribution in [2.24, 2.45) is 0 Å². The van der Waals surface area contributed by atoms with Gasteiger partial charge in [0.2, 0.25) is 5.82 Å². The van der Waals surface area contributed by atoms with E-state index in [0.717, 1.165) is 0 Å². The Morgan fingerprint density at radius 1 is 0.905 bits per heavy atom. The second-order valence-electron chi connectivity index (χ2n) is 4.15. The standard InChI is InChI=1S/C14H7F5O2/c1-6-3-2-4-7(5-6)21-14(20)8-9(15)11(17)13(19)12(18)10(8)16/h2-5H,1H3. The van der Waals surface area contributed by atoms with Crippen molar-refractivity contribution >= 4 is 5.97 Å². The van der Waals surface area contributed by atoms with Gasteiger partial charge in [0, 0.05) is 0 Å². The number of hydrogen-bond acceptors (Lipinski definition) is 2. The smallest absolute Gasteiger partial charge is 0.349 e. The summed E-state index contributed by atoms with van der Waals surface area (Å²) in [6, 6.07) is 5.83. The van der Waals surface area contributed by atoms with Crippen LogP contribution in [0, 0.1) is 36.0 Å². The van der Waals surface area contributed by atoms with Crippen LogP contribution in [0.15, 0.2) is 24.3 Å². The fourth-order valence-corrected chi connectivity index (χ4v) is 1.62. The summed E-state index contributed by atoms with van der Waals surface area (Å²) in [7, 11) is 0. The van der Waals surface area contributed by atoms with Gasteiger partial charge in [0.25, 0.3) is 0 Å². The van der Waals surface area contributed by atoms with E-state index in [1.165, 1.54) is 18.2 Å². The molecule has 2 rings (SSSR count). The monoisotopic (exact) mass is 302 g/mol. The third-order valence-corrected chi connectivity index (χ3v) is 2.61. The second-order valence-corrected chi connectivity index (χ2v) is 4.15. The molecule has 0 saturated carbocycles. The number of esters is 1. The van der Waals surface area contributed by atoms with E-state index >= 15 is 0 Å². The lowest BCUT2D eigenvalue weighted by Crippen LogP contribution is -2.17. The number of carbonyl (C=O) groups is 1. The average Bonchev–Trinajstić information content (AvgIpc) is 2.43. The Bertz CT molecular complexity index is 699. The highest BCUT2D eigenvalue weighted by Gasteiger charge is 2.30. The van der Waals surface area contributed by atoms with Crippen molar-refractivity contribution in [3.63, 3.8) is 0 Å². The molecule has 0 unspecified atom stereocenters. The van der Waals surface area contributed by atoms with Crippen molar-refractivity contribution in [3.8, 4) is 5.75 Å². The van der Waals surface area contributed by atoms with Crippen LogP contribution in [0.5, 0.6) is 5.75 Å². The predicted octanol–water partition coefficient (Wildman–Crippen LogP) is 3.91. The minimum absolute atomic E-state index is 0.0797. The van der Waals surface area contributed by atoms with Gasteiger partial charge in [-0.25, -0.2) is 26.7 Å². The zero-order valence-electron chi connectivity index (χ0n) is 10.5. The summed E-state index contributed by atoms with van der Waals surface area (Å²) in [6.07, 6.45) is 0. The van der Waals surface area contributed by atoms with E-state index in [-0.39, 0.29) is 5.75 Å². The van der Waals surface area contributed by atoms with Crippen molar-refractivity contribution in [1.29, 1.82) is 0 Å². The molecule has 0 saturated heterocycles. The molecular weight excluding hydrogens is 295 g/mol. The van der Waals surface area contributed by atoms with Crippen LogP contribution in [-0.4, -0.2) is 5.97 Å². The summed E-state index contributed by atoms with van der Waals surface area (Å²) in [5, 5.41) is 0. The van der Waals surface area contributed by atoms with E-state index in [1.54, 1.807) is 13.0 Å². The van der Waals surface area contributed by atoms with E-state index in [4.69, 9.17) is 0 Å². The average molecular weight is 302 g/mol. The normalized spacial score (nSPS) is 10.6. The Labute approximate surface area is 115 Å². The van der Waals surface area contributed by atoms with Crippen LogP contribution >= 0.6 is 0 Å². The Hall–Kier alpha value is -2.44. The summed E-state index contributed by atoms with van der Waals surface area (Å²) in [5.41, 5.74) is -0.953. The number of rotatable bonds is 2. The first-order valence-corrected chi connectivity index (χ1v) is 5.63. The van der Waals surface area contributed by atoms with Gasteiger partial charge >= 0.3 is 5.97 Å². The van der Waals surface area contributed by atoms with E-state index < -0.39 is 40.6 Å². The molecule has 0 atom stereocenters. The molecule has 0 N–H and O–H groups in total. The van der Waals surface area contributed by atoms with Gasteiger partial charge < -0.3 is 4.74 Å². The zero-order valence-corrected chi connectivity index (χ0v) is 10.5. The maximum atomic E-state index is 13.4. The van der Waals surface area contributed by atoms with Gasteiger partial charge in [-0.1, -0.05) is 12.1 Å². The minimum Gasteiger partial charge on any atom is -0.423 e. The molecule has 0 amide bonds. The van der Waals surface area contributed by atoms with Gasteiger partial charge in [0.05, 0.1) is 0 Å². The summed E-state index contributed by atoms with van der Waals surface area (Å²) < 4.78 is 70.3. The van der Waals surface area contributed by atoms with E-state index in [1.807, 2.05) is 0 Å². The quantitative estimate of drug-likeness (QED) is 0.276. The van der Waals surface area contributed by atoms with Crippen LogP contribution in [0.4, 0.5) is 22.0 Å². The highest BCUT2D eigenvalue weighted by atomic mass is 19.2. The molecule has 0 radical (unpaired) electrons. The third-order valence-electron chi connectivity index (χ3n) is 2.61. The SMILES string of the molecule is Cc1cccc(OC(=O)c2c(F)c(F)c(F)c(F)c2F)c1. The number of carbonyl (C=O) groups excluding carboxylic acids is 1. The highest BCUT2D eigenvalue weighted by molar-refractivity contribution is 5.91. The fourth-order valence-electron chi connectivity index (χ4n) is 1.62. The van der Waals surface area contributed by atoms with Crippen molar-refractivity contribution in [2.75, 3.05) is 0 Å². The molecule has 0 aliphatic heterocycles. The van der Waals surface area contributed by atoms with Crippen molar-refractivity contribution in [2.45, 2.75) is 6.92 Å². The molecule has 0 aliphatic carbocycles. The molecule has 2 nitrogen and oxygen atoms in total. The van der Waals surface area contributed by atoms with Crippen LogP contribution in [0.3, 0.4) is 0 Å². The third kappa shape index (κ3) is 2.72. The molecule has 0 aromatic heterocycles. The number of halogens is 5. The van der Waals surface area contributed by atoms with Gasteiger partial charge in [-0.3, -0.25) is 0 Å². The fraction of sp³-hybridized carbons (Fsp3) is 0.0714. The Morgan fingerprint density at radius 3 is 1.95 bits per heavy atom. The molecule has 21 heavy (non-hydrogen) atoms. The molecule has 7 heteroatoms. The molecular formula is C14H7F5O2. The van der Waals surface area contributed by atoms with Crippen LogP contribution in [0.2, 0.25) is 0 Å². The summed E-state index contributed by atoms with van der Waals surface area (Å²) in [5.74, 6) is -13.0. The Morgan fingerprint density at radius 2 is 1.43 bits per heavy atom. The maximum Gasteiger partial charge on any atom is 0.349 e. The molecule has 2 aromatic rings. The molecule has 0 heterocycles. The number of ether oxygens (including phenoxy) is 1. The van der Waals surface area contributed by atoms with Gasteiger partial charge in [0.1, 0.15) is 11.3 Å². The highest BCUT2D eigenvalue weighted by Crippen LogP contribution is 2.24. The molecule has 0 fully saturated rings. The number of benzene rings is 2. The second kappa shape index (κ2) is 5.51. The minimum atomic E-state index is -2.34. The van der Waals surface area contributed by atoms with Crippen molar-refractivity contribution in [1.82, 2.24) is 0 Å². The molecule has 0 aliphatic rings. The summed E-state index contributed by atoms with van der Waals surface area (Å²) in [4.78, 5) is 11.6. The largest absolute Gasteiger partial charge is 0.423 e. The van der Waals surface area contributed by atoms with E-state index in [9.17, 15) is 26.7 Å². The topological polar surface area (TPSA) is 26.3 Å². The zero-order chi connectivity index (χ0) is 15.7. The molecule has 0 bridgehead atoms. The first-order valence-electron chi connectivity index (χ1n) is 5.63. The van der Waals surface area contributed by atoms with Gasteiger partial charge in [-0.2, -0.15) is 0 Å². The Kier molecular flexibility index (Phi) is 3.93. The van der Waals surface area contributed by atoms with Crippen LogP contribution in [-0.2, 0) is 0 Å². The first-order chi connectivity index (χ1) is 9.82. The predicted molar refractivity (Wildman–Crippen MR) is 62.4 cm³/mol. The first kappa shape index (κ1) is 15.0. The number of aryl methyl sites for hydroxylation is 1. The summed E-state index contributed by atoms with van der Waals surface area (Å²) >= 11 is 0. The van der Waals surface area contributed by atoms with Gasteiger partial charge in [0.15, 0.2) is 23.3 Å². The lowest BCUT2D eigenvalue weighted by Gasteiger charge is -2.08. The van der Waals surface area contributed by atoms with Crippen molar-refractivity contribution in [3.05, 3.63) is 64.5 Å². The van der Waals surface area contributed by atoms with E-state index in [0.29, 0.717) is 5.56 Å². The maximum absolute atomic E-state index is 13.4. The summed E-state index contributed by atoms with van der Waals surface area (Å²) in [6.45, 7) is 1.66. The van der Waals surface area contributed by atoms with Crippen LogP contribution in [0.25, 0.3) is 0 Å².